The first kappa shape index (κ1) is 11.5. The average molecular weight is 266 g/mol. The molecule has 2 heterocycles. The van der Waals surface area contributed by atoms with E-state index in [1.54, 1.807) is 0 Å². The van der Waals surface area contributed by atoms with Gasteiger partial charge in [0.2, 0.25) is 0 Å². The Hall–Kier alpha value is -2.29. The molecule has 0 saturated heterocycles. The molecule has 1 aliphatic rings. The molecular formula is C17H14O3. The van der Waals surface area contributed by atoms with Crippen molar-refractivity contribution in [2.75, 3.05) is 0 Å². The molecule has 2 aromatic carbocycles. The topological polar surface area (TPSA) is 39.4 Å². The summed E-state index contributed by atoms with van der Waals surface area (Å²) in [6.45, 7) is 2.07. The van der Waals surface area contributed by atoms with Crippen LogP contribution >= 0.6 is 0 Å². The van der Waals surface area contributed by atoms with Gasteiger partial charge in [0.15, 0.2) is 0 Å². The van der Waals surface area contributed by atoms with Crippen LogP contribution in [0.15, 0.2) is 45.6 Å². The molecule has 1 aromatic heterocycles. The first-order valence-electron chi connectivity index (χ1n) is 6.88. The summed E-state index contributed by atoms with van der Waals surface area (Å²) in [7, 11) is 0. The second-order valence-electron chi connectivity index (χ2n) is 5.32. The van der Waals surface area contributed by atoms with E-state index in [1.165, 1.54) is 6.07 Å². The Morgan fingerprint density at radius 3 is 2.70 bits per heavy atom. The van der Waals surface area contributed by atoms with Gasteiger partial charge in [0.05, 0.1) is 6.10 Å². The average Bonchev–Trinajstić information content (AvgIpc) is 2.47. The van der Waals surface area contributed by atoms with Crippen LogP contribution in [-0.4, -0.2) is 6.10 Å². The predicted octanol–water partition coefficient (Wildman–Crippen LogP) is 3.66. The lowest BCUT2D eigenvalue weighted by atomic mass is 9.95. The zero-order valence-electron chi connectivity index (χ0n) is 11.2. The van der Waals surface area contributed by atoms with Gasteiger partial charge in [-0.1, -0.05) is 24.3 Å². The molecule has 3 nitrogen and oxygen atoms in total. The lowest BCUT2D eigenvalue weighted by molar-refractivity contribution is 0.195. The maximum Gasteiger partial charge on any atom is 0.336 e. The molecule has 0 N–H and O–H groups in total. The molecule has 0 fully saturated rings. The standard InChI is InChI=1S/C17H14O3/c1-10-6-7-14-16(19-10)12-5-3-2-4-11(12)13-8-9-15(18)20-17(13)14/h2-5,8-10H,6-7H2,1H3. The van der Waals surface area contributed by atoms with Crippen LogP contribution in [0.3, 0.4) is 0 Å². The first-order chi connectivity index (χ1) is 9.74. The second-order valence-corrected chi connectivity index (χ2v) is 5.32. The Morgan fingerprint density at radius 2 is 1.85 bits per heavy atom. The van der Waals surface area contributed by atoms with E-state index in [4.69, 9.17) is 9.15 Å². The molecule has 3 aromatic rings. The quantitative estimate of drug-likeness (QED) is 0.460. The molecule has 100 valence electrons. The van der Waals surface area contributed by atoms with Crippen LogP contribution in [0.25, 0.3) is 21.7 Å². The number of hydrogen-bond donors (Lipinski definition) is 0. The molecule has 0 aliphatic carbocycles. The first-order valence-corrected chi connectivity index (χ1v) is 6.88. The number of benzene rings is 2. The minimum absolute atomic E-state index is 0.193. The van der Waals surface area contributed by atoms with Crippen molar-refractivity contribution in [1.82, 2.24) is 0 Å². The van der Waals surface area contributed by atoms with Crippen molar-refractivity contribution in [2.24, 2.45) is 0 Å². The van der Waals surface area contributed by atoms with Gasteiger partial charge >= 0.3 is 5.63 Å². The molecule has 1 atom stereocenters. The zero-order valence-corrected chi connectivity index (χ0v) is 11.2. The van der Waals surface area contributed by atoms with Crippen molar-refractivity contribution in [3.63, 3.8) is 0 Å². The van der Waals surface area contributed by atoms with Crippen molar-refractivity contribution in [3.8, 4) is 5.75 Å². The fourth-order valence-corrected chi connectivity index (χ4v) is 3.00. The van der Waals surface area contributed by atoms with Crippen molar-refractivity contribution in [3.05, 3.63) is 52.4 Å². The van der Waals surface area contributed by atoms with E-state index in [-0.39, 0.29) is 11.7 Å². The summed E-state index contributed by atoms with van der Waals surface area (Å²) in [6, 6.07) is 11.4. The SMILES string of the molecule is CC1CCc2c(c3ccccc3c3ccc(=O)oc23)O1. The summed E-state index contributed by atoms with van der Waals surface area (Å²) in [5.74, 6) is 0.876. The molecule has 0 radical (unpaired) electrons. The van der Waals surface area contributed by atoms with Gasteiger partial charge in [-0.2, -0.15) is 0 Å². The minimum Gasteiger partial charge on any atom is -0.490 e. The highest BCUT2D eigenvalue weighted by molar-refractivity contribution is 6.10. The highest BCUT2D eigenvalue weighted by Crippen LogP contribution is 2.41. The van der Waals surface area contributed by atoms with Crippen LogP contribution in [0.5, 0.6) is 5.75 Å². The predicted molar refractivity (Wildman–Crippen MR) is 78.4 cm³/mol. The van der Waals surface area contributed by atoms with Crippen molar-refractivity contribution < 1.29 is 9.15 Å². The van der Waals surface area contributed by atoms with Crippen molar-refractivity contribution in [1.29, 1.82) is 0 Å². The van der Waals surface area contributed by atoms with Crippen LogP contribution in [-0.2, 0) is 6.42 Å². The van der Waals surface area contributed by atoms with Gasteiger partial charge in [-0.25, -0.2) is 4.79 Å². The van der Waals surface area contributed by atoms with E-state index in [2.05, 4.69) is 13.0 Å². The lowest BCUT2D eigenvalue weighted by Crippen LogP contribution is -2.19. The van der Waals surface area contributed by atoms with Crippen molar-refractivity contribution >= 4 is 21.7 Å². The summed E-state index contributed by atoms with van der Waals surface area (Å²) in [6.07, 6.45) is 2.02. The summed E-state index contributed by atoms with van der Waals surface area (Å²) < 4.78 is 11.5. The third-order valence-corrected chi connectivity index (χ3v) is 3.96. The molecule has 1 unspecified atom stereocenters. The van der Waals surface area contributed by atoms with E-state index < -0.39 is 0 Å². The number of aryl methyl sites for hydroxylation is 1. The van der Waals surface area contributed by atoms with Crippen molar-refractivity contribution in [2.45, 2.75) is 25.9 Å². The molecule has 4 rings (SSSR count). The third kappa shape index (κ3) is 1.56. The number of rotatable bonds is 0. The Bertz CT molecular complexity index is 876. The van der Waals surface area contributed by atoms with Crippen LogP contribution in [0.1, 0.15) is 18.9 Å². The van der Waals surface area contributed by atoms with Gasteiger partial charge in [-0.15, -0.1) is 0 Å². The summed E-state index contributed by atoms with van der Waals surface area (Å²) in [4.78, 5) is 11.6. The Labute approximate surface area is 115 Å². The molecule has 0 bridgehead atoms. The Kier molecular flexibility index (Phi) is 2.36. The molecule has 0 spiro atoms. The molecule has 20 heavy (non-hydrogen) atoms. The van der Waals surface area contributed by atoms with Crippen LogP contribution in [0, 0.1) is 0 Å². The Morgan fingerprint density at radius 1 is 1.05 bits per heavy atom. The monoisotopic (exact) mass is 266 g/mol. The highest BCUT2D eigenvalue weighted by atomic mass is 16.5. The summed E-state index contributed by atoms with van der Waals surface area (Å²) >= 11 is 0. The second kappa shape index (κ2) is 4.10. The zero-order chi connectivity index (χ0) is 13.7. The number of ether oxygens (including phenoxy) is 1. The molecular weight excluding hydrogens is 252 g/mol. The number of fused-ring (bicyclic) bond motifs is 6. The van der Waals surface area contributed by atoms with Crippen LogP contribution < -0.4 is 10.4 Å². The maximum absolute atomic E-state index is 11.6. The van der Waals surface area contributed by atoms with Gasteiger partial charge in [0.25, 0.3) is 0 Å². The normalized spacial score (nSPS) is 17.9. The maximum atomic E-state index is 11.6. The fourth-order valence-electron chi connectivity index (χ4n) is 3.00. The summed E-state index contributed by atoms with van der Waals surface area (Å²) in [5, 5.41) is 3.15. The van der Waals surface area contributed by atoms with Gasteiger partial charge < -0.3 is 9.15 Å². The van der Waals surface area contributed by atoms with E-state index in [0.717, 1.165) is 40.3 Å². The summed E-state index contributed by atoms with van der Waals surface area (Å²) in [5.41, 5.74) is 1.39. The lowest BCUT2D eigenvalue weighted by Gasteiger charge is -2.25. The van der Waals surface area contributed by atoms with Gasteiger partial charge in [-0.3, -0.25) is 0 Å². The fraction of sp³-hybridized carbons (Fsp3) is 0.235. The smallest absolute Gasteiger partial charge is 0.336 e. The van der Waals surface area contributed by atoms with Gasteiger partial charge in [0.1, 0.15) is 11.3 Å². The largest absolute Gasteiger partial charge is 0.490 e. The molecule has 0 amide bonds. The molecule has 1 aliphatic heterocycles. The van der Waals surface area contributed by atoms with E-state index in [9.17, 15) is 4.79 Å². The minimum atomic E-state index is -0.311. The number of hydrogen-bond acceptors (Lipinski definition) is 3. The molecule has 3 heteroatoms. The Balaban J connectivity index is 2.24. The van der Waals surface area contributed by atoms with Crippen LogP contribution in [0.4, 0.5) is 0 Å². The van der Waals surface area contributed by atoms with Gasteiger partial charge in [-0.05, 0) is 31.2 Å². The molecule has 0 saturated carbocycles. The highest BCUT2D eigenvalue weighted by Gasteiger charge is 2.23. The third-order valence-electron chi connectivity index (χ3n) is 3.96. The van der Waals surface area contributed by atoms with E-state index >= 15 is 0 Å². The van der Waals surface area contributed by atoms with E-state index in [0.29, 0.717) is 5.58 Å². The van der Waals surface area contributed by atoms with Gasteiger partial charge in [0, 0.05) is 22.4 Å². The van der Waals surface area contributed by atoms with Crippen LogP contribution in [0.2, 0.25) is 0 Å². The van der Waals surface area contributed by atoms with E-state index in [1.807, 2.05) is 24.3 Å².